The van der Waals surface area contributed by atoms with Gasteiger partial charge in [-0.15, -0.1) is 0 Å². The van der Waals surface area contributed by atoms with E-state index < -0.39 is 41.6 Å². The quantitative estimate of drug-likeness (QED) is 0.451. The Morgan fingerprint density at radius 1 is 1.35 bits per heavy atom. The lowest BCUT2D eigenvalue weighted by atomic mass is 9.79. The summed E-state index contributed by atoms with van der Waals surface area (Å²) in [5.41, 5.74) is -0.815. The molecule has 1 aliphatic heterocycles. The van der Waals surface area contributed by atoms with Crippen LogP contribution in [0.3, 0.4) is 0 Å². The summed E-state index contributed by atoms with van der Waals surface area (Å²) in [7, 11) is 0.859. The Bertz CT molecular complexity index is 481. The highest BCUT2D eigenvalue weighted by Crippen LogP contribution is 2.51. The van der Waals surface area contributed by atoms with Gasteiger partial charge < -0.3 is 9.47 Å². The molecule has 0 radical (unpaired) electrons. The molecular weight excluding hydrogens is 307 g/mol. The molecule has 8 heteroatoms. The number of nitrogens with zero attached hydrogens (tertiary/aromatic N) is 1. The van der Waals surface area contributed by atoms with Crippen molar-refractivity contribution in [3.63, 3.8) is 0 Å². The maximum atomic E-state index is 14.0. The lowest BCUT2D eigenvalue weighted by Crippen LogP contribution is -2.57. The van der Waals surface area contributed by atoms with Crippen molar-refractivity contribution in [3.05, 3.63) is 0 Å². The van der Waals surface area contributed by atoms with E-state index in [1.54, 1.807) is 20.8 Å². The summed E-state index contributed by atoms with van der Waals surface area (Å²) in [6.45, 7) is 7.17. The molecule has 1 unspecified atom stereocenters. The molecule has 5 nitrogen and oxygen atoms in total. The minimum atomic E-state index is -2.98. The standard InChI is InChI=1S/C15H24BF2NO4/c1-14(2,3)23-13(21)19-10-7-9(8-15(10,17)18)11(19)12(20)22-6-5-16-4/h9-11,16H,5-8H2,1-4H3/t9-,10?,11-/m0/s1. The van der Waals surface area contributed by atoms with Gasteiger partial charge in [-0.2, -0.15) is 0 Å². The SMILES string of the molecule is CBCCOC(=O)[C@@H]1[C@H]2CC(N1C(=O)OC(C)(C)C)C(F)(F)C2. The van der Waals surface area contributed by atoms with Crippen molar-refractivity contribution in [2.75, 3.05) is 6.61 Å². The Hall–Kier alpha value is -1.34. The first-order valence-electron chi connectivity index (χ1n) is 8.12. The van der Waals surface area contributed by atoms with Gasteiger partial charge in [0.1, 0.15) is 18.9 Å². The number of alkyl halides is 2. The van der Waals surface area contributed by atoms with Crippen LogP contribution in [0.15, 0.2) is 0 Å². The van der Waals surface area contributed by atoms with E-state index in [9.17, 15) is 18.4 Å². The second-order valence-corrected chi connectivity index (χ2v) is 7.33. The van der Waals surface area contributed by atoms with E-state index in [2.05, 4.69) is 0 Å². The first kappa shape index (κ1) is 18.0. The molecule has 1 amide bonds. The number of likely N-dealkylation sites (tertiary alicyclic amines) is 1. The van der Waals surface area contributed by atoms with Crippen LogP contribution in [0.1, 0.15) is 33.6 Å². The lowest BCUT2D eigenvalue weighted by molar-refractivity contribution is -0.157. The maximum absolute atomic E-state index is 14.0. The smallest absolute Gasteiger partial charge is 0.411 e. The molecule has 0 aromatic heterocycles. The number of hydrogen-bond donors (Lipinski definition) is 0. The fourth-order valence-electron chi connectivity index (χ4n) is 3.27. The third-order valence-electron chi connectivity index (χ3n) is 4.22. The monoisotopic (exact) mass is 331 g/mol. The molecule has 2 aliphatic rings. The zero-order chi connectivity index (χ0) is 17.4. The van der Waals surface area contributed by atoms with Crippen molar-refractivity contribution >= 4 is 19.3 Å². The summed E-state index contributed by atoms with van der Waals surface area (Å²) in [6, 6.07) is -2.25. The number of carbonyl (C=O) groups excluding carboxylic acids is 2. The van der Waals surface area contributed by atoms with E-state index in [4.69, 9.17) is 9.47 Å². The van der Waals surface area contributed by atoms with Crippen molar-refractivity contribution < 1.29 is 27.8 Å². The van der Waals surface area contributed by atoms with Crippen LogP contribution in [0.5, 0.6) is 0 Å². The van der Waals surface area contributed by atoms with E-state index in [0.717, 1.165) is 12.2 Å². The number of piperidine rings is 1. The van der Waals surface area contributed by atoms with Crippen LogP contribution in [0.4, 0.5) is 13.6 Å². The number of esters is 1. The van der Waals surface area contributed by atoms with Gasteiger partial charge in [0.05, 0.1) is 12.6 Å². The third-order valence-corrected chi connectivity index (χ3v) is 4.22. The number of hydrogen-bond acceptors (Lipinski definition) is 4. The second kappa shape index (κ2) is 6.28. The van der Waals surface area contributed by atoms with Crippen molar-refractivity contribution in [1.29, 1.82) is 0 Å². The Kier molecular flexibility index (Phi) is 4.92. The minimum Gasteiger partial charge on any atom is -0.465 e. The summed E-state index contributed by atoms with van der Waals surface area (Å²) >= 11 is 0. The second-order valence-electron chi connectivity index (χ2n) is 7.33. The number of amides is 1. The molecule has 0 N–H and O–H groups in total. The molecule has 2 bridgehead atoms. The van der Waals surface area contributed by atoms with Crippen LogP contribution >= 0.6 is 0 Å². The first-order valence-corrected chi connectivity index (χ1v) is 8.12. The molecule has 1 heterocycles. The van der Waals surface area contributed by atoms with Crippen LogP contribution in [0.25, 0.3) is 0 Å². The van der Waals surface area contributed by atoms with Gasteiger partial charge >= 0.3 is 12.1 Å². The van der Waals surface area contributed by atoms with E-state index in [-0.39, 0.29) is 19.4 Å². The number of carbonyl (C=O) groups is 2. The van der Waals surface area contributed by atoms with Crippen molar-refractivity contribution in [2.45, 2.75) is 70.4 Å². The third kappa shape index (κ3) is 3.78. The van der Waals surface area contributed by atoms with Gasteiger partial charge in [0.25, 0.3) is 5.92 Å². The largest absolute Gasteiger partial charge is 0.465 e. The normalized spacial score (nSPS) is 28.6. The molecule has 0 spiro atoms. The van der Waals surface area contributed by atoms with Gasteiger partial charge in [-0.1, -0.05) is 6.82 Å². The van der Waals surface area contributed by atoms with Gasteiger partial charge in [0, 0.05) is 6.42 Å². The minimum absolute atomic E-state index is 0.111. The lowest BCUT2D eigenvalue weighted by Gasteiger charge is -2.38. The molecule has 0 aromatic rings. The highest BCUT2D eigenvalue weighted by atomic mass is 19.3. The highest BCUT2D eigenvalue weighted by molar-refractivity contribution is 6.33. The Labute approximate surface area is 135 Å². The van der Waals surface area contributed by atoms with Crippen LogP contribution < -0.4 is 0 Å². The van der Waals surface area contributed by atoms with Crippen molar-refractivity contribution in [2.24, 2.45) is 5.92 Å². The topological polar surface area (TPSA) is 55.8 Å². The molecule has 23 heavy (non-hydrogen) atoms. The van der Waals surface area contributed by atoms with Crippen LogP contribution in [0, 0.1) is 5.92 Å². The molecule has 2 rings (SSSR count). The molecule has 1 saturated heterocycles. The zero-order valence-electron chi connectivity index (χ0n) is 14.1. The molecule has 3 atom stereocenters. The molecular formula is C15H24BF2NO4. The van der Waals surface area contributed by atoms with Crippen molar-refractivity contribution in [1.82, 2.24) is 4.90 Å². The van der Waals surface area contributed by atoms with Crippen LogP contribution in [-0.2, 0) is 14.3 Å². The Balaban J connectivity index is 2.16. The summed E-state index contributed by atoms with van der Waals surface area (Å²) in [5.74, 6) is -4.16. The molecule has 0 aromatic carbocycles. The number of ether oxygens (including phenoxy) is 2. The fourth-order valence-corrected chi connectivity index (χ4v) is 3.27. The molecule has 130 valence electrons. The van der Waals surface area contributed by atoms with E-state index >= 15 is 0 Å². The molecule has 1 saturated carbocycles. The maximum Gasteiger partial charge on any atom is 0.411 e. The molecule has 1 aliphatic carbocycles. The van der Waals surface area contributed by atoms with Gasteiger partial charge in [-0.05, 0) is 39.4 Å². The van der Waals surface area contributed by atoms with Crippen LogP contribution in [-0.4, -0.2) is 54.5 Å². The summed E-state index contributed by atoms with van der Waals surface area (Å²) in [4.78, 5) is 25.5. The predicted molar refractivity (Wildman–Crippen MR) is 82.1 cm³/mol. The predicted octanol–water partition coefficient (Wildman–Crippen LogP) is 2.47. The average Bonchev–Trinajstić information content (AvgIpc) is 2.89. The van der Waals surface area contributed by atoms with E-state index in [1.807, 2.05) is 6.82 Å². The summed E-state index contributed by atoms with van der Waals surface area (Å²) in [5, 5.41) is 0. The summed E-state index contributed by atoms with van der Waals surface area (Å²) in [6.07, 6.45) is -0.443. The van der Waals surface area contributed by atoms with E-state index in [0.29, 0.717) is 6.32 Å². The Morgan fingerprint density at radius 2 is 2.00 bits per heavy atom. The number of fused-ring (bicyclic) bond motifs is 2. The van der Waals surface area contributed by atoms with Gasteiger partial charge in [0.2, 0.25) is 0 Å². The Morgan fingerprint density at radius 3 is 2.57 bits per heavy atom. The van der Waals surface area contributed by atoms with Gasteiger partial charge in [0.15, 0.2) is 0 Å². The number of rotatable bonds is 4. The van der Waals surface area contributed by atoms with Crippen LogP contribution in [0.2, 0.25) is 13.1 Å². The first-order chi connectivity index (χ1) is 10.6. The fraction of sp³-hybridized carbons (Fsp3) is 0.867. The van der Waals surface area contributed by atoms with Crippen molar-refractivity contribution in [3.8, 4) is 0 Å². The summed E-state index contributed by atoms with van der Waals surface area (Å²) < 4.78 is 38.4. The average molecular weight is 331 g/mol. The van der Waals surface area contributed by atoms with Gasteiger partial charge in [-0.3, -0.25) is 4.90 Å². The van der Waals surface area contributed by atoms with Gasteiger partial charge in [-0.25, -0.2) is 18.4 Å². The highest BCUT2D eigenvalue weighted by Gasteiger charge is 2.65. The number of halogens is 2. The zero-order valence-corrected chi connectivity index (χ0v) is 14.1. The molecule has 2 fully saturated rings. The van der Waals surface area contributed by atoms with E-state index in [1.165, 1.54) is 0 Å².